The highest BCUT2D eigenvalue weighted by molar-refractivity contribution is 6.02. The minimum Gasteiger partial charge on any atom is -0.255 e. The smallest absolute Gasteiger partial charge is 0.0876 e. The van der Waals surface area contributed by atoms with Crippen molar-refractivity contribution in [2.45, 2.75) is 59.3 Å². The fourth-order valence-corrected chi connectivity index (χ4v) is 3.49. The molecule has 0 atom stereocenters. The van der Waals surface area contributed by atoms with Crippen molar-refractivity contribution in [3.05, 3.63) is 58.4 Å². The Labute approximate surface area is 139 Å². The van der Waals surface area contributed by atoms with Crippen molar-refractivity contribution >= 4 is 11.4 Å². The molecule has 0 unspecified atom stereocenters. The van der Waals surface area contributed by atoms with Gasteiger partial charge in [-0.1, -0.05) is 37.6 Å². The zero-order valence-corrected chi connectivity index (χ0v) is 14.5. The summed E-state index contributed by atoms with van der Waals surface area (Å²) in [5.41, 5.74) is 8.89. The van der Waals surface area contributed by atoms with Gasteiger partial charge in [0.2, 0.25) is 0 Å². The van der Waals surface area contributed by atoms with E-state index < -0.39 is 0 Å². The van der Waals surface area contributed by atoms with Gasteiger partial charge in [0.15, 0.2) is 0 Å². The van der Waals surface area contributed by atoms with E-state index in [0.717, 1.165) is 31.4 Å². The van der Waals surface area contributed by atoms with Gasteiger partial charge in [-0.05, 0) is 68.2 Å². The molecule has 2 aromatic rings. The second kappa shape index (κ2) is 7.08. The van der Waals surface area contributed by atoms with Crippen LogP contribution < -0.4 is 0 Å². The van der Waals surface area contributed by atoms with Crippen LogP contribution >= 0.6 is 0 Å². The summed E-state index contributed by atoms with van der Waals surface area (Å²) >= 11 is 0. The number of nitrogens with zero attached hydrogens (tertiary/aromatic N) is 2. The predicted octanol–water partition coefficient (Wildman–Crippen LogP) is 5.36. The van der Waals surface area contributed by atoms with Crippen LogP contribution in [0.4, 0.5) is 5.69 Å². The third-order valence-electron chi connectivity index (χ3n) is 4.70. The predicted molar refractivity (Wildman–Crippen MR) is 97.9 cm³/mol. The molecule has 2 nitrogen and oxygen atoms in total. The zero-order chi connectivity index (χ0) is 16.2. The van der Waals surface area contributed by atoms with Gasteiger partial charge in [0.05, 0.1) is 17.1 Å². The summed E-state index contributed by atoms with van der Waals surface area (Å²) in [4.78, 5) is 9.81. The maximum absolute atomic E-state index is 5.16. The van der Waals surface area contributed by atoms with E-state index in [9.17, 15) is 0 Å². The molecule has 1 aliphatic carbocycles. The van der Waals surface area contributed by atoms with E-state index in [0.29, 0.717) is 0 Å². The van der Waals surface area contributed by atoms with Gasteiger partial charge in [-0.3, -0.25) is 9.98 Å². The summed E-state index contributed by atoms with van der Waals surface area (Å²) in [5.74, 6) is 0. The van der Waals surface area contributed by atoms with Crippen molar-refractivity contribution in [2.75, 3.05) is 0 Å². The average molecular weight is 306 g/mol. The van der Waals surface area contributed by atoms with Crippen LogP contribution in [0.3, 0.4) is 0 Å². The molecular weight excluding hydrogens is 280 g/mol. The van der Waals surface area contributed by atoms with Crippen LogP contribution in [-0.2, 0) is 19.3 Å². The van der Waals surface area contributed by atoms with E-state index in [-0.39, 0.29) is 0 Å². The summed E-state index contributed by atoms with van der Waals surface area (Å²) in [7, 11) is 0. The van der Waals surface area contributed by atoms with Crippen molar-refractivity contribution in [1.82, 2.24) is 4.98 Å². The molecule has 23 heavy (non-hydrogen) atoms. The highest BCUT2D eigenvalue weighted by Crippen LogP contribution is 2.30. The molecule has 2 heteroatoms. The molecule has 1 aromatic carbocycles. The fourth-order valence-electron chi connectivity index (χ4n) is 3.49. The van der Waals surface area contributed by atoms with Crippen LogP contribution in [0.1, 0.15) is 61.1 Å². The Bertz CT molecular complexity index is 703. The van der Waals surface area contributed by atoms with E-state index in [2.05, 4.69) is 44.0 Å². The van der Waals surface area contributed by atoms with Crippen LogP contribution in [0, 0.1) is 6.92 Å². The van der Waals surface area contributed by atoms with Crippen molar-refractivity contribution < 1.29 is 0 Å². The Kier molecular flexibility index (Phi) is 4.90. The molecule has 0 bridgehead atoms. The molecule has 0 radical (unpaired) electrons. The molecule has 3 rings (SSSR count). The molecule has 0 spiro atoms. The lowest BCUT2D eigenvalue weighted by Crippen LogP contribution is -2.05. The summed E-state index contributed by atoms with van der Waals surface area (Å²) in [6.07, 6.45) is 8.53. The number of aromatic nitrogens is 1. The minimum atomic E-state index is 1.02. The lowest BCUT2D eigenvalue weighted by atomic mass is 9.99. The summed E-state index contributed by atoms with van der Waals surface area (Å²) in [6.45, 7) is 6.62. The van der Waals surface area contributed by atoms with Crippen LogP contribution in [0.25, 0.3) is 0 Å². The fraction of sp³-hybridized carbons (Fsp3) is 0.429. The number of hydrogen-bond donors (Lipinski definition) is 0. The molecular formula is C21H26N2. The Balaban J connectivity index is 2.15. The van der Waals surface area contributed by atoms with Crippen LogP contribution in [-0.4, -0.2) is 10.7 Å². The van der Waals surface area contributed by atoms with Gasteiger partial charge < -0.3 is 0 Å². The number of aliphatic imine (C=N–C) groups is 1. The maximum atomic E-state index is 5.16. The molecule has 0 aliphatic heterocycles. The average Bonchev–Trinajstić information content (AvgIpc) is 2.78. The maximum Gasteiger partial charge on any atom is 0.0876 e. The van der Waals surface area contributed by atoms with Crippen molar-refractivity contribution in [1.29, 1.82) is 0 Å². The number of rotatable bonds is 3. The van der Waals surface area contributed by atoms with Crippen LogP contribution in [0.5, 0.6) is 0 Å². The molecule has 0 fully saturated rings. The number of fused-ring (bicyclic) bond motifs is 1. The first-order chi connectivity index (χ1) is 11.2. The topological polar surface area (TPSA) is 25.2 Å². The minimum absolute atomic E-state index is 1.02. The van der Waals surface area contributed by atoms with Crippen LogP contribution in [0.15, 0.2) is 35.5 Å². The highest BCUT2D eigenvalue weighted by Gasteiger charge is 2.16. The first-order valence-corrected chi connectivity index (χ1v) is 8.87. The number of pyridine rings is 1. The van der Waals surface area contributed by atoms with E-state index in [1.165, 1.54) is 46.5 Å². The molecule has 0 saturated heterocycles. The Morgan fingerprint density at radius 1 is 1.04 bits per heavy atom. The molecule has 120 valence electrons. The van der Waals surface area contributed by atoms with E-state index in [4.69, 9.17) is 4.99 Å². The van der Waals surface area contributed by atoms with Crippen molar-refractivity contribution in [3.8, 4) is 0 Å². The lowest BCUT2D eigenvalue weighted by Gasteiger charge is -2.13. The largest absolute Gasteiger partial charge is 0.255 e. The first-order valence-electron chi connectivity index (χ1n) is 8.87. The molecule has 0 amide bonds. The van der Waals surface area contributed by atoms with Gasteiger partial charge in [-0.2, -0.15) is 0 Å². The first kappa shape index (κ1) is 15.9. The van der Waals surface area contributed by atoms with Crippen molar-refractivity contribution in [2.24, 2.45) is 4.99 Å². The number of aryl methyl sites for hydroxylation is 4. The number of benzene rings is 1. The van der Waals surface area contributed by atoms with E-state index in [1.54, 1.807) is 0 Å². The quantitative estimate of drug-likeness (QED) is 0.701. The molecule has 1 aromatic heterocycles. The van der Waals surface area contributed by atoms with E-state index in [1.807, 2.05) is 12.3 Å². The summed E-state index contributed by atoms with van der Waals surface area (Å²) in [6, 6.07) is 8.82. The van der Waals surface area contributed by atoms with Gasteiger partial charge in [-0.15, -0.1) is 0 Å². The molecule has 0 N–H and O–H groups in total. The van der Waals surface area contributed by atoms with Gasteiger partial charge >= 0.3 is 0 Å². The molecule has 0 saturated carbocycles. The van der Waals surface area contributed by atoms with Crippen LogP contribution in [0.2, 0.25) is 0 Å². The molecule has 1 aliphatic rings. The summed E-state index contributed by atoms with van der Waals surface area (Å²) in [5, 5.41) is 0. The second-order valence-electron chi connectivity index (χ2n) is 6.42. The Hall–Kier alpha value is -1.96. The second-order valence-corrected chi connectivity index (χ2v) is 6.42. The number of hydrogen-bond acceptors (Lipinski definition) is 2. The SMILES string of the molecule is CCc1cc(C)cc(CC)c1N=C1CCCCc2cccnc21. The third-order valence-corrected chi connectivity index (χ3v) is 4.70. The zero-order valence-electron chi connectivity index (χ0n) is 14.5. The highest BCUT2D eigenvalue weighted by atomic mass is 14.8. The van der Waals surface area contributed by atoms with E-state index >= 15 is 0 Å². The van der Waals surface area contributed by atoms with Crippen molar-refractivity contribution in [3.63, 3.8) is 0 Å². The van der Waals surface area contributed by atoms with Gasteiger partial charge in [0, 0.05) is 6.20 Å². The Morgan fingerprint density at radius 2 is 1.74 bits per heavy atom. The standard InChI is InChI=1S/C21H26N2/c1-4-16-13-15(3)14-17(5-2)20(16)23-19-11-7-6-9-18-10-8-12-22-21(18)19/h8,10,12-14H,4-7,9,11H2,1-3H3. The summed E-state index contributed by atoms with van der Waals surface area (Å²) < 4.78 is 0. The normalized spacial score (nSPS) is 16.2. The van der Waals surface area contributed by atoms with Gasteiger partial charge in [-0.25, -0.2) is 0 Å². The third kappa shape index (κ3) is 3.36. The van der Waals surface area contributed by atoms with Gasteiger partial charge in [0.1, 0.15) is 0 Å². The molecule has 1 heterocycles. The Morgan fingerprint density at radius 3 is 2.43 bits per heavy atom. The monoisotopic (exact) mass is 306 g/mol. The lowest BCUT2D eigenvalue weighted by molar-refractivity contribution is 0.775. The van der Waals surface area contributed by atoms with Gasteiger partial charge in [0.25, 0.3) is 0 Å².